The van der Waals surface area contributed by atoms with Crippen LogP contribution in [0.3, 0.4) is 0 Å². The topological polar surface area (TPSA) is 66.9 Å². The van der Waals surface area contributed by atoms with Crippen molar-refractivity contribution in [2.45, 2.75) is 19.9 Å². The molecule has 1 aromatic carbocycles. The maximum Gasteiger partial charge on any atom is 0.274 e. The molecule has 104 valence electrons. The van der Waals surface area contributed by atoms with Crippen LogP contribution in [0.15, 0.2) is 36.5 Å². The van der Waals surface area contributed by atoms with Gasteiger partial charge >= 0.3 is 0 Å². The predicted molar refractivity (Wildman–Crippen MR) is 75.1 cm³/mol. The van der Waals surface area contributed by atoms with Gasteiger partial charge in [-0.3, -0.25) is 4.79 Å². The number of carbonyl (C=O) groups excluding carboxylic acids is 1. The summed E-state index contributed by atoms with van der Waals surface area (Å²) in [6, 6.07) is 7.59. The van der Waals surface area contributed by atoms with Gasteiger partial charge in [-0.2, -0.15) is 0 Å². The van der Waals surface area contributed by atoms with E-state index in [2.05, 4.69) is 20.6 Å². The minimum Gasteiger partial charge on any atom is -0.352 e. The lowest BCUT2D eigenvalue weighted by Crippen LogP contribution is -2.18. The molecule has 0 radical (unpaired) electrons. The lowest BCUT2D eigenvalue weighted by Gasteiger charge is -2.09. The smallest absolute Gasteiger partial charge is 0.274 e. The Labute approximate surface area is 116 Å². The highest BCUT2D eigenvalue weighted by molar-refractivity contribution is 6.03. The molecule has 2 aromatic rings. The van der Waals surface area contributed by atoms with Crippen LogP contribution in [-0.2, 0) is 0 Å². The van der Waals surface area contributed by atoms with Crippen molar-refractivity contribution in [2.75, 3.05) is 10.6 Å². The van der Waals surface area contributed by atoms with Gasteiger partial charge in [0, 0.05) is 12.2 Å². The van der Waals surface area contributed by atoms with Gasteiger partial charge in [-0.1, -0.05) is 12.1 Å². The third kappa shape index (κ3) is 3.50. The second kappa shape index (κ2) is 6.10. The number of hydrogen-bond acceptors (Lipinski definition) is 4. The van der Waals surface area contributed by atoms with E-state index in [4.69, 9.17) is 0 Å². The molecule has 0 saturated heterocycles. The normalized spacial score (nSPS) is 10.4. The number of benzene rings is 1. The molecule has 6 heteroatoms. The molecule has 2 N–H and O–H groups in total. The fourth-order valence-electron chi connectivity index (χ4n) is 1.56. The zero-order valence-corrected chi connectivity index (χ0v) is 11.2. The Balaban J connectivity index is 2.15. The van der Waals surface area contributed by atoms with E-state index < -0.39 is 11.7 Å². The number of para-hydroxylation sites is 1. The summed E-state index contributed by atoms with van der Waals surface area (Å²) in [6.45, 7) is 3.88. The molecule has 0 fully saturated rings. The van der Waals surface area contributed by atoms with E-state index >= 15 is 0 Å². The van der Waals surface area contributed by atoms with Crippen molar-refractivity contribution in [3.8, 4) is 0 Å². The van der Waals surface area contributed by atoms with Crippen molar-refractivity contribution in [1.29, 1.82) is 0 Å². The largest absolute Gasteiger partial charge is 0.352 e. The summed E-state index contributed by atoms with van der Waals surface area (Å²) in [7, 11) is 0. The molecule has 1 amide bonds. The molecule has 20 heavy (non-hydrogen) atoms. The first-order valence-corrected chi connectivity index (χ1v) is 6.21. The van der Waals surface area contributed by atoms with Crippen LogP contribution in [0, 0.1) is 5.82 Å². The second-order valence-corrected chi connectivity index (χ2v) is 4.50. The van der Waals surface area contributed by atoms with E-state index in [9.17, 15) is 9.18 Å². The second-order valence-electron chi connectivity index (χ2n) is 4.50. The number of aromatic nitrogens is 2. The molecule has 0 aliphatic carbocycles. The van der Waals surface area contributed by atoms with Crippen molar-refractivity contribution in [2.24, 2.45) is 0 Å². The maximum absolute atomic E-state index is 13.5. The number of nitrogens with zero attached hydrogens (tertiary/aromatic N) is 2. The van der Waals surface area contributed by atoms with Crippen LogP contribution in [-0.4, -0.2) is 21.9 Å². The van der Waals surface area contributed by atoms with Crippen molar-refractivity contribution in [1.82, 2.24) is 9.97 Å². The summed E-state index contributed by atoms with van der Waals surface area (Å²) in [6.07, 6.45) is 1.48. The summed E-state index contributed by atoms with van der Waals surface area (Å²) < 4.78 is 13.5. The molecule has 0 atom stereocenters. The summed E-state index contributed by atoms with van der Waals surface area (Å²) in [4.78, 5) is 20.1. The lowest BCUT2D eigenvalue weighted by molar-refractivity contribution is 0.102. The van der Waals surface area contributed by atoms with E-state index in [1.165, 1.54) is 24.4 Å². The molecule has 1 heterocycles. The number of anilines is 2. The SMILES string of the molecule is CC(C)Nc1nccc(C(=O)Nc2ccccc2F)n1. The van der Waals surface area contributed by atoms with E-state index in [-0.39, 0.29) is 17.4 Å². The maximum atomic E-state index is 13.5. The highest BCUT2D eigenvalue weighted by Crippen LogP contribution is 2.13. The number of nitrogens with one attached hydrogen (secondary N) is 2. The van der Waals surface area contributed by atoms with Gasteiger partial charge in [-0.05, 0) is 32.0 Å². The van der Waals surface area contributed by atoms with Gasteiger partial charge in [0.1, 0.15) is 11.5 Å². The number of amides is 1. The molecular weight excluding hydrogens is 259 g/mol. The molecule has 0 unspecified atom stereocenters. The quantitative estimate of drug-likeness (QED) is 0.899. The third-order valence-electron chi connectivity index (χ3n) is 2.43. The van der Waals surface area contributed by atoms with E-state index in [1.807, 2.05) is 13.8 Å². The van der Waals surface area contributed by atoms with Crippen LogP contribution in [0.4, 0.5) is 16.0 Å². The standard InChI is InChI=1S/C14H15FN4O/c1-9(2)17-14-16-8-7-12(19-14)13(20)18-11-6-4-3-5-10(11)15/h3-9H,1-2H3,(H,18,20)(H,16,17,19). The van der Waals surface area contributed by atoms with E-state index in [0.717, 1.165) is 0 Å². The van der Waals surface area contributed by atoms with E-state index in [0.29, 0.717) is 5.95 Å². The van der Waals surface area contributed by atoms with Gasteiger partial charge in [-0.15, -0.1) is 0 Å². The molecule has 0 bridgehead atoms. The van der Waals surface area contributed by atoms with Crippen LogP contribution in [0.2, 0.25) is 0 Å². The Bertz CT molecular complexity index is 616. The summed E-state index contributed by atoms with van der Waals surface area (Å²) in [5, 5.41) is 5.47. The van der Waals surface area contributed by atoms with Gasteiger partial charge in [-0.25, -0.2) is 14.4 Å². The summed E-state index contributed by atoms with van der Waals surface area (Å²) in [5.74, 6) is -0.610. The van der Waals surface area contributed by atoms with Crippen molar-refractivity contribution in [3.63, 3.8) is 0 Å². The molecule has 0 aliphatic rings. The van der Waals surface area contributed by atoms with Crippen molar-refractivity contribution < 1.29 is 9.18 Å². The lowest BCUT2D eigenvalue weighted by atomic mass is 10.3. The van der Waals surface area contributed by atoms with Crippen LogP contribution in [0.1, 0.15) is 24.3 Å². The minimum atomic E-state index is -0.490. The first kappa shape index (κ1) is 13.9. The van der Waals surface area contributed by atoms with Crippen molar-refractivity contribution in [3.05, 3.63) is 48.0 Å². The Morgan fingerprint density at radius 2 is 2.00 bits per heavy atom. The Kier molecular flexibility index (Phi) is 4.24. The van der Waals surface area contributed by atoms with Crippen LogP contribution < -0.4 is 10.6 Å². The zero-order valence-electron chi connectivity index (χ0n) is 11.2. The number of halogens is 1. The van der Waals surface area contributed by atoms with Crippen molar-refractivity contribution >= 4 is 17.5 Å². The first-order valence-electron chi connectivity index (χ1n) is 6.21. The molecular formula is C14H15FN4O. The predicted octanol–water partition coefficient (Wildman–Crippen LogP) is 2.69. The highest BCUT2D eigenvalue weighted by atomic mass is 19.1. The van der Waals surface area contributed by atoms with Crippen LogP contribution >= 0.6 is 0 Å². The molecule has 0 aliphatic heterocycles. The molecule has 5 nitrogen and oxygen atoms in total. The number of rotatable bonds is 4. The van der Waals surface area contributed by atoms with E-state index in [1.54, 1.807) is 12.1 Å². The number of carbonyl (C=O) groups is 1. The highest BCUT2D eigenvalue weighted by Gasteiger charge is 2.11. The van der Waals surface area contributed by atoms with Gasteiger partial charge in [0.05, 0.1) is 5.69 Å². The average molecular weight is 274 g/mol. The Hall–Kier alpha value is -2.50. The van der Waals surface area contributed by atoms with Crippen LogP contribution in [0.25, 0.3) is 0 Å². The van der Waals surface area contributed by atoms with Gasteiger partial charge in [0.15, 0.2) is 0 Å². The fraction of sp³-hybridized carbons (Fsp3) is 0.214. The Morgan fingerprint density at radius 1 is 1.25 bits per heavy atom. The molecule has 0 saturated carbocycles. The summed E-state index contributed by atoms with van der Waals surface area (Å²) in [5.41, 5.74) is 0.292. The van der Waals surface area contributed by atoms with Gasteiger partial charge in [0.25, 0.3) is 5.91 Å². The van der Waals surface area contributed by atoms with Gasteiger partial charge < -0.3 is 10.6 Å². The minimum absolute atomic E-state index is 0.120. The van der Waals surface area contributed by atoms with Crippen LogP contribution in [0.5, 0.6) is 0 Å². The third-order valence-corrected chi connectivity index (χ3v) is 2.43. The fourth-order valence-corrected chi connectivity index (χ4v) is 1.56. The molecule has 1 aromatic heterocycles. The monoisotopic (exact) mass is 274 g/mol. The molecule has 2 rings (SSSR count). The summed E-state index contributed by atoms with van der Waals surface area (Å²) >= 11 is 0. The average Bonchev–Trinajstić information content (AvgIpc) is 2.41. The molecule has 0 spiro atoms. The zero-order chi connectivity index (χ0) is 14.5. The Morgan fingerprint density at radius 3 is 2.70 bits per heavy atom. The first-order chi connectivity index (χ1) is 9.56. The number of hydrogen-bond donors (Lipinski definition) is 2. The van der Waals surface area contributed by atoms with Gasteiger partial charge in [0.2, 0.25) is 5.95 Å².